The van der Waals surface area contributed by atoms with E-state index in [9.17, 15) is 0 Å². The number of hydrazone groups is 1. The normalized spacial score (nSPS) is 11.6. The van der Waals surface area contributed by atoms with Crippen molar-refractivity contribution >= 4 is 11.7 Å². The molecule has 0 aliphatic rings. The van der Waals surface area contributed by atoms with E-state index in [1.165, 1.54) is 12.0 Å². The van der Waals surface area contributed by atoms with Crippen molar-refractivity contribution in [1.29, 1.82) is 0 Å². The number of aryl methyl sites for hydroxylation is 3. The van der Waals surface area contributed by atoms with Gasteiger partial charge in [0.2, 0.25) is 5.95 Å². The van der Waals surface area contributed by atoms with E-state index in [1.807, 2.05) is 6.92 Å². The summed E-state index contributed by atoms with van der Waals surface area (Å²) in [5.41, 5.74) is 8.42. The number of aromatic nitrogens is 2. The van der Waals surface area contributed by atoms with Gasteiger partial charge < -0.3 is 0 Å². The van der Waals surface area contributed by atoms with Crippen molar-refractivity contribution in [3.63, 3.8) is 0 Å². The summed E-state index contributed by atoms with van der Waals surface area (Å²) in [6.07, 6.45) is 4.20. The molecule has 2 aromatic rings. The third-order valence-electron chi connectivity index (χ3n) is 3.77. The summed E-state index contributed by atoms with van der Waals surface area (Å²) in [5.74, 6) is 0.585. The van der Waals surface area contributed by atoms with Gasteiger partial charge in [0, 0.05) is 11.4 Å². The van der Waals surface area contributed by atoms with Gasteiger partial charge in [0.05, 0.1) is 5.71 Å². The van der Waals surface area contributed by atoms with Crippen LogP contribution in [0, 0.1) is 6.92 Å². The molecule has 0 amide bonds. The molecule has 0 saturated heterocycles. The van der Waals surface area contributed by atoms with Crippen molar-refractivity contribution in [2.24, 2.45) is 5.10 Å². The lowest BCUT2D eigenvalue weighted by molar-refractivity contribution is 0.769. The number of benzene rings is 1. The molecule has 0 bridgehead atoms. The van der Waals surface area contributed by atoms with Crippen molar-refractivity contribution in [3.8, 4) is 0 Å². The fourth-order valence-electron chi connectivity index (χ4n) is 2.26. The van der Waals surface area contributed by atoms with Crippen LogP contribution >= 0.6 is 0 Å². The minimum Gasteiger partial charge on any atom is -0.245 e. The first-order valence-electron chi connectivity index (χ1n) is 8.36. The highest BCUT2D eigenvalue weighted by atomic mass is 15.4. The van der Waals surface area contributed by atoms with E-state index in [1.54, 1.807) is 0 Å². The first kappa shape index (κ1) is 17.1. The lowest BCUT2D eigenvalue weighted by Gasteiger charge is -2.07. The second-order valence-corrected chi connectivity index (χ2v) is 5.81. The molecule has 4 nitrogen and oxygen atoms in total. The van der Waals surface area contributed by atoms with Gasteiger partial charge in [-0.15, -0.1) is 0 Å². The van der Waals surface area contributed by atoms with Gasteiger partial charge in [0.1, 0.15) is 0 Å². The second-order valence-electron chi connectivity index (χ2n) is 5.81. The van der Waals surface area contributed by atoms with E-state index < -0.39 is 0 Å². The molecule has 1 heterocycles. The summed E-state index contributed by atoms with van der Waals surface area (Å²) in [6.45, 7) is 8.36. The second kappa shape index (κ2) is 8.42. The first-order chi connectivity index (χ1) is 11.1. The Morgan fingerprint density at radius 2 is 1.78 bits per heavy atom. The average Bonchev–Trinajstić information content (AvgIpc) is 2.58. The Bertz CT molecular complexity index is 660. The maximum absolute atomic E-state index is 4.57. The van der Waals surface area contributed by atoms with Crippen LogP contribution < -0.4 is 5.43 Å². The van der Waals surface area contributed by atoms with Crippen molar-refractivity contribution < 1.29 is 0 Å². The minimum atomic E-state index is 0.585. The van der Waals surface area contributed by atoms with E-state index in [2.05, 4.69) is 71.6 Å². The van der Waals surface area contributed by atoms with Gasteiger partial charge in [-0.3, -0.25) is 0 Å². The van der Waals surface area contributed by atoms with Gasteiger partial charge in [-0.25, -0.2) is 15.4 Å². The zero-order chi connectivity index (χ0) is 16.7. The Labute approximate surface area is 139 Å². The average molecular weight is 310 g/mol. The van der Waals surface area contributed by atoms with Gasteiger partial charge in [-0.05, 0) is 44.7 Å². The Balaban J connectivity index is 2.14. The zero-order valence-electron chi connectivity index (χ0n) is 14.6. The molecule has 0 aliphatic carbocycles. The molecule has 0 fully saturated rings. The fourth-order valence-corrected chi connectivity index (χ4v) is 2.26. The van der Waals surface area contributed by atoms with E-state index in [4.69, 9.17) is 0 Å². The molecular weight excluding hydrogens is 284 g/mol. The summed E-state index contributed by atoms with van der Waals surface area (Å²) in [5, 5.41) is 4.43. The van der Waals surface area contributed by atoms with Crippen molar-refractivity contribution in [2.75, 3.05) is 5.43 Å². The molecule has 1 aromatic heterocycles. The predicted octanol–water partition coefficient (Wildman–Crippen LogP) is 4.53. The number of hydrogen-bond donors (Lipinski definition) is 1. The third-order valence-corrected chi connectivity index (χ3v) is 3.77. The summed E-state index contributed by atoms with van der Waals surface area (Å²) < 4.78 is 0. The molecular formula is C19H26N4. The molecule has 1 aromatic carbocycles. The number of nitrogens with one attached hydrogen (secondary N) is 1. The SMILES string of the molecule is CCCCc1cc(CC)nc(NN=C(C)c2ccc(C)cc2)n1. The topological polar surface area (TPSA) is 50.2 Å². The smallest absolute Gasteiger partial charge is 0.243 e. The summed E-state index contributed by atoms with van der Waals surface area (Å²) in [7, 11) is 0. The van der Waals surface area contributed by atoms with Crippen LogP contribution in [0.25, 0.3) is 0 Å². The van der Waals surface area contributed by atoms with E-state index in [0.29, 0.717) is 5.95 Å². The maximum Gasteiger partial charge on any atom is 0.243 e. The van der Waals surface area contributed by atoms with Crippen molar-refractivity contribution in [3.05, 3.63) is 52.8 Å². The number of rotatable bonds is 7. The third kappa shape index (κ3) is 5.16. The highest BCUT2D eigenvalue weighted by molar-refractivity contribution is 5.99. The molecule has 0 radical (unpaired) electrons. The van der Waals surface area contributed by atoms with Gasteiger partial charge in [0.15, 0.2) is 0 Å². The summed E-state index contributed by atoms with van der Waals surface area (Å²) in [4.78, 5) is 9.08. The molecule has 0 spiro atoms. The molecule has 4 heteroatoms. The predicted molar refractivity (Wildman–Crippen MR) is 97.0 cm³/mol. The quantitative estimate of drug-likeness (QED) is 0.604. The Kier molecular flexibility index (Phi) is 6.27. The zero-order valence-corrected chi connectivity index (χ0v) is 14.6. The van der Waals surface area contributed by atoms with Crippen LogP contribution in [-0.2, 0) is 12.8 Å². The van der Waals surface area contributed by atoms with E-state index in [0.717, 1.165) is 41.9 Å². The lowest BCUT2D eigenvalue weighted by atomic mass is 10.1. The van der Waals surface area contributed by atoms with Crippen LogP contribution in [0.15, 0.2) is 35.4 Å². The Hall–Kier alpha value is -2.23. The molecule has 2 rings (SSSR count). The van der Waals surface area contributed by atoms with E-state index in [-0.39, 0.29) is 0 Å². The molecule has 0 saturated carbocycles. The molecule has 122 valence electrons. The summed E-state index contributed by atoms with van der Waals surface area (Å²) >= 11 is 0. The molecule has 23 heavy (non-hydrogen) atoms. The fraction of sp³-hybridized carbons (Fsp3) is 0.421. The number of unbranched alkanes of at least 4 members (excludes halogenated alkanes) is 1. The number of anilines is 1. The van der Waals surface area contributed by atoms with E-state index >= 15 is 0 Å². The van der Waals surface area contributed by atoms with Gasteiger partial charge in [-0.1, -0.05) is 50.1 Å². The Morgan fingerprint density at radius 1 is 1.09 bits per heavy atom. The minimum absolute atomic E-state index is 0.585. The van der Waals surface area contributed by atoms with Crippen LogP contribution in [-0.4, -0.2) is 15.7 Å². The monoisotopic (exact) mass is 310 g/mol. The maximum atomic E-state index is 4.57. The van der Waals surface area contributed by atoms with Gasteiger partial charge >= 0.3 is 0 Å². The summed E-state index contributed by atoms with van der Waals surface area (Å²) in [6, 6.07) is 10.4. The molecule has 0 atom stereocenters. The van der Waals surface area contributed by atoms with Crippen LogP contribution in [0.3, 0.4) is 0 Å². The lowest BCUT2D eigenvalue weighted by Crippen LogP contribution is -2.06. The number of nitrogens with zero attached hydrogens (tertiary/aromatic N) is 3. The van der Waals surface area contributed by atoms with Crippen LogP contribution in [0.2, 0.25) is 0 Å². The van der Waals surface area contributed by atoms with Gasteiger partial charge in [0.25, 0.3) is 0 Å². The molecule has 0 aliphatic heterocycles. The molecule has 0 unspecified atom stereocenters. The highest BCUT2D eigenvalue weighted by Gasteiger charge is 2.04. The standard InChI is InChI=1S/C19H26N4/c1-5-7-8-18-13-17(6-2)20-19(21-18)23-22-15(4)16-11-9-14(3)10-12-16/h9-13H,5-8H2,1-4H3,(H,20,21,23). The number of hydrogen-bond acceptors (Lipinski definition) is 4. The van der Waals surface area contributed by atoms with Crippen molar-refractivity contribution in [2.45, 2.75) is 53.4 Å². The van der Waals surface area contributed by atoms with Gasteiger partial charge in [-0.2, -0.15) is 5.10 Å². The van der Waals surface area contributed by atoms with Crippen LogP contribution in [0.5, 0.6) is 0 Å². The largest absolute Gasteiger partial charge is 0.245 e. The Morgan fingerprint density at radius 3 is 2.43 bits per heavy atom. The first-order valence-corrected chi connectivity index (χ1v) is 8.36. The van der Waals surface area contributed by atoms with Crippen LogP contribution in [0.4, 0.5) is 5.95 Å². The van der Waals surface area contributed by atoms with Crippen LogP contribution in [0.1, 0.15) is 56.1 Å². The highest BCUT2D eigenvalue weighted by Crippen LogP contribution is 2.10. The van der Waals surface area contributed by atoms with Crippen molar-refractivity contribution in [1.82, 2.24) is 9.97 Å². The molecule has 1 N–H and O–H groups in total.